The van der Waals surface area contributed by atoms with Crippen molar-refractivity contribution >= 4 is 0 Å². The molecule has 0 bridgehead atoms. The van der Waals surface area contributed by atoms with Gasteiger partial charge in [0.2, 0.25) is 0 Å². The summed E-state index contributed by atoms with van der Waals surface area (Å²) in [4.78, 5) is 0. The van der Waals surface area contributed by atoms with Gasteiger partial charge in [-0.05, 0) is 12.3 Å². The molecule has 0 nitrogen and oxygen atoms in total. The Bertz CT molecular complexity index is 66.4. The van der Waals surface area contributed by atoms with Gasteiger partial charge in [0.15, 0.2) is 0 Å². The molecule has 1 unspecified atom stereocenters. The van der Waals surface area contributed by atoms with Crippen molar-refractivity contribution in [2.75, 3.05) is 0 Å². The molecule has 0 saturated carbocycles. The molecule has 1 atom stereocenters. The highest BCUT2D eigenvalue weighted by atomic mass is 14.1. The first-order valence-electron chi connectivity index (χ1n) is 5.12. The van der Waals surface area contributed by atoms with Gasteiger partial charge in [-0.25, -0.2) is 0 Å². The van der Waals surface area contributed by atoms with E-state index in [0.29, 0.717) is 0 Å². The van der Waals surface area contributed by atoms with Crippen LogP contribution in [-0.2, 0) is 0 Å². The summed E-state index contributed by atoms with van der Waals surface area (Å²) in [6, 6.07) is 0. The van der Waals surface area contributed by atoms with E-state index in [0.717, 1.165) is 5.92 Å². The summed E-state index contributed by atoms with van der Waals surface area (Å²) < 4.78 is 0. The second-order valence-corrected chi connectivity index (χ2v) is 3.40. The third-order valence-corrected chi connectivity index (χ3v) is 2.38. The van der Waals surface area contributed by atoms with Gasteiger partial charge in [-0.15, -0.1) is 0 Å². The van der Waals surface area contributed by atoms with Crippen molar-refractivity contribution in [3.8, 4) is 0 Å². The third-order valence-electron chi connectivity index (χ3n) is 2.38. The van der Waals surface area contributed by atoms with Crippen LogP contribution in [0.2, 0.25) is 0 Å². The van der Waals surface area contributed by atoms with E-state index in [4.69, 9.17) is 0 Å². The van der Waals surface area contributed by atoms with Crippen molar-refractivity contribution in [1.82, 2.24) is 0 Å². The lowest BCUT2D eigenvalue weighted by molar-refractivity contribution is 0.419. The fourth-order valence-corrected chi connectivity index (χ4v) is 1.57. The minimum absolute atomic E-state index is 1.000. The molecule has 0 saturated heterocycles. The molecule has 0 aromatic rings. The molecule has 0 aromatic heterocycles. The van der Waals surface area contributed by atoms with Crippen molar-refractivity contribution in [1.29, 1.82) is 0 Å². The first kappa shape index (κ1) is 11.0. The van der Waals surface area contributed by atoms with Crippen LogP contribution in [0.3, 0.4) is 0 Å². The topological polar surface area (TPSA) is 0 Å². The number of hydrogen-bond donors (Lipinski definition) is 0. The molecule has 0 amide bonds. The predicted molar refractivity (Wildman–Crippen MR) is 52.5 cm³/mol. The van der Waals surface area contributed by atoms with E-state index in [1.807, 2.05) is 0 Å². The van der Waals surface area contributed by atoms with Crippen LogP contribution in [0.4, 0.5) is 0 Å². The lowest BCUT2D eigenvalue weighted by Crippen LogP contribution is -1.97. The van der Waals surface area contributed by atoms with Crippen LogP contribution in [0.15, 0.2) is 0 Å². The average Bonchev–Trinajstić information content (AvgIpc) is 2.03. The maximum absolute atomic E-state index is 2.32. The monoisotopic (exact) mass is 155 g/mol. The quantitative estimate of drug-likeness (QED) is 0.483. The van der Waals surface area contributed by atoms with Gasteiger partial charge < -0.3 is 0 Å². The predicted octanol–water partition coefficient (Wildman–Crippen LogP) is 4.21. The molecule has 0 aliphatic rings. The van der Waals surface area contributed by atoms with Crippen molar-refractivity contribution in [2.45, 2.75) is 59.3 Å². The first-order chi connectivity index (χ1) is 5.35. The van der Waals surface area contributed by atoms with Gasteiger partial charge in [0, 0.05) is 0 Å². The van der Waals surface area contributed by atoms with E-state index in [9.17, 15) is 0 Å². The van der Waals surface area contributed by atoms with Gasteiger partial charge in [-0.2, -0.15) is 0 Å². The first-order valence-corrected chi connectivity index (χ1v) is 5.12. The Morgan fingerprint density at radius 3 is 2.36 bits per heavy atom. The molecule has 1 radical (unpaired) electrons. The fraction of sp³-hybridized carbons (Fsp3) is 0.909. The molecule has 0 aromatic carbocycles. The molecule has 0 fully saturated rings. The summed E-state index contributed by atoms with van der Waals surface area (Å²) in [7, 11) is 0. The maximum atomic E-state index is 2.32. The lowest BCUT2D eigenvalue weighted by Gasteiger charge is -2.12. The van der Waals surface area contributed by atoms with E-state index in [2.05, 4.69) is 27.2 Å². The molecule has 0 aliphatic heterocycles. The summed E-state index contributed by atoms with van der Waals surface area (Å²) in [6.07, 6.45) is 10.6. The maximum Gasteiger partial charge on any atom is -0.0417 e. The van der Waals surface area contributed by atoms with Gasteiger partial charge in [-0.1, -0.05) is 59.3 Å². The van der Waals surface area contributed by atoms with Gasteiger partial charge in [-0.3, -0.25) is 0 Å². The molecule has 0 aliphatic carbocycles. The summed E-state index contributed by atoms with van der Waals surface area (Å²) in [5.74, 6) is 1.000. The van der Waals surface area contributed by atoms with Crippen LogP contribution in [-0.4, -0.2) is 0 Å². The Kier molecular flexibility index (Phi) is 8.10. The Morgan fingerprint density at radius 2 is 1.91 bits per heavy atom. The smallest absolute Gasteiger partial charge is 0.0417 e. The van der Waals surface area contributed by atoms with Crippen LogP contribution in [0.25, 0.3) is 0 Å². The van der Waals surface area contributed by atoms with Gasteiger partial charge in [0.25, 0.3) is 0 Å². The number of rotatable bonds is 7. The van der Waals surface area contributed by atoms with Gasteiger partial charge >= 0.3 is 0 Å². The van der Waals surface area contributed by atoms with E-state index in [1.54, 1.807) is 0 Å². The second-order valence-electron chi connectivity index (χ2n) is 3.40. The van der Waals surface area contributed by atoms with E-state index in [-0.39, 0.29) is 0 Å². The molecular formula is C11H23. The zero-order chi connectivity index (χ0) is 8.53. The second kappa shape index (κ2) is 8.10. The van der Waals surface area contributed by atoms with Crippen LogP contribution in [0, 0.1) is 12.3 Å². The molecular weight excluding hydrogens is 132 g/mol. The Morgan fingerprint density at radius 1 is 1.18 bits per heavy atom. The third kappa shape index (κ3) is 6.40. The molecule has 67 valence electrons. The van der Waals surface area contributed by atoms with Crippen molar-refractivity contribution in [2.24, 2.45) is 5.92 Å². The van der Waals surface area contributed by atoms with Crippen LogP contribution < -0.4 is 0 Å². The Hall–Kier alpha value is 0. The summed E-state index contributed by atoms with van der Waals surface area (Å²) in [5.41, 5.74) is 0. The molecule has 0 heteroatoms. The number of unbranched alkanes of at least 4 members (excludes halogenated alkanes) is 2. The molecule has 11 heavy (non-hydrogen) atoms. The summed E-state index contributed by atoms with van der Waals surface area (Å²) in [5, 5.41) is 0. The van der Waals surface area contributed by atoms with Crippen molar-refractivity contribution in [3.05, 3.63) is 6.42 Å². The van der Waals surface area contributed by atoms with Gasteiger partial charge in [0.05, 0.1) is 0 Å². The average molecular weight is 155 g/mol. The van der Waals surface area contributed by atoms with Crippen LogP contribution >= 0.6 is 0 Å². The largest absolute Gasteiger partial charge is 0.0654 e. The molecule has 0 rings (SSSR count). The minimum Gasteiger partial charge on any atom is -0.0654 e. The molecule has 0 N–H and O–H groups in total. The zero-order valence-corrected chi connectivity index (χ0v) is 8.40. The highest BCUT2D eigenvalue weighted by Gasteiger charge is 2.03. The fourth-order valence-electron chi connectivity index (χ4n) is 1.57. The standard InChI is InChI=1S/C11H23/c1-4-7-8-10-11(6-3)9-5-2/h4,11H,5-10H2,1-3H3. The number of hydrogen-bond acceptors (Lipinski definition) is 0. The van der Waals surface area contributed by atoms with Crippen LogP contribution in [0.5, 0.6) is 0 Å². The SMILES string of the molecule is C[CH]CCCC(CC)CCC. The normalized spacial score (nSPS) is 13.4. The molecule has 0 heterocycles. The van der Waals surface area contributed by atoms with E-state index >= 15 is 0 Å². The highest BCUT2D eigenvalue weighted by molar-refractivity contribution is 4.61. The van der Waals surface area contributed by atoms with Crippen molar-refractivity contribution in [3.63, 3.8) is 0 Å². The minimum atomic E-state index is 1.000. The summed E-state index contributed by atoms with van der Waals surface area (Å²) >= 11 is 0. The molecule has 0 spiro atoms. The Balaban J connectivity index is 3.20. The van der Waals surface area contributed by atoms with Crippen LogP contribution in [0.1, 0.15) is 59.3 Å². The van der Waals surface area contributed by atoms with E-state index < -0.39 is 0 Å². The van der Waals surface area contributed by atoms with E-state index in [1.165, 1.54) is 38.5 Å². The van der Waals surface area contributed by atoms with Gasteiger partial charge in [0.1, 0.15) is 0 Å². The lowest BCUT2D eigenvalue weighted by atomic mass is 9.94. The summed E-state index contributed by atoms with van der Waals surface area (Å²) in [6.45, 7) is 6.76. The van der Waals surface area contributed by atoms with Crippen molar-refractivity contribution < 1.29 is 0 Å². The zero-order valence-electron chi connectivity index (χ0n) is 8.40. The highest BCUT2D eigenvalue weighted by Crippen LogP contribution is 2.18. The Labute approximate surface area is 72.4 Å².